The molecule has 0 amide bonds. The van der Waals surface area contributed by atoms with Crippen LogP contribution in [-0.2, 0) is 15.6 Å². The molecule has 0 unspecified atom stereocenters. The van der Waals surface area contributed by atoms with Gasteiger partial charge in [0, 0.05) is 28.7 Å². The Balaban J connectivity index is 1.28. The molecule has 0 radical (unpaired) electrons. The highest BCUT2D eigenvalue weighted by atomic mass is 19.3. The molecule has 1 aliphatic rings. The molecule has 3 nitrogen and oxygen atoms in total. The van der Waals surface area contributed by atoms with Crippen molar-refractivity contribution < 1.29 is 53.7 Å². The first kappa shape index (κ1) is 34.3. The van der Waals surface area contributed by atoms with Crippen LogP contribution in [0, 0.1) is 46.6 Å². The van der Waals surface area contributed by atoms with Crippen LogP contribution in [0.25, 0.3) is 22.3 Å². The fraction of sp³-hybridized carbons (Fsp3) is 0.314. The summed E-state index contributed by atoms with van der Waals surface area (Å²) >= 11 is 0. The zero-order valence-corrected chi connectivity index (χ0v) is 25.0. The van der Waals surface area contributed by atoms with E-state index in [2.05, 4.69) is 11.7 Å². The molecule has 1 fully saturated rings. The topological polar surface area (TPSA) is 27.7 Å². The van der Waals surface area contributed by atoms with Gasteiger partial charge in [-0.1, -0.05) is 44.7 Å². The van der Waals surface area contributed by atoms with Crippen molar-refractivity contribution in [3.8, 4) is 28.0 Å². The lowest BCUT2D eigenvalue weighted by molar-refractivity contribution is -0.206. The van der Waals surface area contributed by atoms with Gasteiger partial charge in [-0.2, -0.15) is 8.78 Å². The number of hydrogen-bond donors (Lipinski definition) is 0. The molecule has 12 heteroatoms. The van der Waals surface area contributed by atoms with E-state index < -0.39 is 64.4 Å². The number of hydrogen-bond acceptors (Lipinski definition) is 3. The van der Waals surface area contributed by atoms with E-state index in [1.807, 2.05) is 0 Å². The van der Waals surface area contributed by atoms with Gasteiger partial charge in [-0.15, -0.1) is 0 Å². The molecular weight excluding hydrogens is 639 g/mol. The van der Waals surface area contributed by atoms with Crippen LogP contribution in [0.15, 0.2) is 60.7 Å². The number of ether oxygens (including phenoxy) is 3. The molecular formula is C35H29F9O3. The summed E-state index contributed by atoms with van der Waals surface area (Å²) in [7, 11) is 0. The molecule has 0 spiro atoms. The standard InChI is InChI=1S/C35H29F9O3/c1-2-3-4-5-6-19-17-45-34(46-18-19)22-14-28(38)32(29(39)15-22)35(43,44)47-23-8-10-24(27(37)16-23)20-7-9-25(26(36)11-20)21-12-30(40)33(42)31(41)13-21/h7-16,19,34H,2-6,17-18H2,1H3. The number of alkyl halides is 2. The van der Waals surface area contributed by atoms with Crippen LogP contribution in [-0.4, -0.2) is 13.2 Å². The Hall–Kier alpha value is -4.03. The van der Waals surface area contributed by atoms with Gasteiger partial charge in [0.1, 0.15) is 34.6 Å². The zero-order valence-electron chi connectivity index (χ0n) is 25.0. The summed E-state index contributed by atoms with van der Waals surface area (Å²) in [5, 5.41) is 0. The molecule has 4 aromatic rings. The fourth-order valence-corrected chi connectivity index (χ4v) is 5.39. The average Bonchev–Trinajstić information content (AvgIpc) is 3.01. The van der Waals surface area contributed by atoms with Gasteiger partial charge in [-0.25, -0.2) is 30.7 Å². The summed E-state index contributed by atoms with van der Waals surface area (Å²) in [5.41, 5.74) is -2.84. The summed E-state index contributed by atoms with van der Waals surface area (Å²) in [5.74, 6) is -10.9. The molecule has 0 aromatic heterocycles. The largest absolute Gasteiger partial charge is 0.432 e. The highest BCUT2D eigenvalue weighted by molar-refractivity contribution is 5.72. The minimum absolute atomic E-state index is 0.0900. The van der Waals surface area contributed by atoms with Gasteiger partial charge < -0.3 is 14.2 Å². The average molecular weight is 669 g/mol. The first-order valence-corrected chi connectivity index (χ1v) is 14.9. The Bertz CT molecular complexity index is 1690. The van der Waals surface area contributed by atoms with Crippen molar-refractivity contribution in [2.24, 2.45) is 5.92 Å². The van der Waals surface area contributed by atoms with Crippen LogP contribution in [0.5, 0.6) is 5.75 Å². The summed E-state index contributed by atoms with van der Waals surface area (Å²) in [6.45, 7) is 2.67. The molecule has 5 rings (SSSR count). The number of halogens is 9. The lowest BCUT2D eigenvalue weighted by Crippen LogP contribution is -2.28. The normalized spacial score (nSPS) is 16.8. The second-order valence-electron chi connectivity index (χ2n) is 11.3. The predicted octanol–water partition coefficient (Wildman–Crippen LogP) is 10.8. The van der Waals surface area contributed by atoms with Crippen LogP contribution < -0.4 is 4.74 Å². The zero-order chi connectivity index (χ0) is 33.9. The molecule has 250 valence electrons. The molecule has 47 heavy (non-hydrogen) atoms. The van der Waals surface area contributed by atoms with Gasteiger partial charge in [0.25, 0.3) is 0 Å². The molecule has 1 heterocycles. The van der Waals surface area contributed by atoms with Gasteiger partial charge in [0.15, 0.2) is 23.7 Å². The van der Waals surface area contributed by atoms with Crippen molar-refractivity contribution in [3.63, 3.8) is 0 Å². The van der Waals surface area contributed by atoms with Crippen molar-refractivity contribution in [1.29, 1.82) is 0 Å². The third-order valence-electron chi connectivity index (χ3n) is 7.82. The fourth-order valence-electron chi connectivity index (χ4n) is 5.39. The minimum atomic E-state index is -4.58. The molecule has 0 saturated carbocycles. The lowest BCUT2D eigenvalue weighted by Gasteiger charge is -2.30. The quantitative estimate of drug-likeness (QED) is 0.0905. The third-order valence-corrected chi connectivity index (χ3v) is 7.82. The van der Waals surface area contributed by atoms with Crippen molar-refractivity contribution >= 4 is 0 Å². The number of rotatable bonds is 11. The molecule has 0 N–H and O–H groups in total. The molecule has 1 saturated heterocycles. The first-order valence-electron chi connectivity index (χ1n) is 14.9. The third kappa shape index (κ3) is 7.76. The van der Waals surface area contributed by atoms with Crippen molar-refractivity contribution in [2.45, 2.75) is 51.4 Å². The van der Waals surface area contributed by atoms with Crippen LogP contribution in [0.3, 0.4) is 0 Å². The molecule has 4 aromatic carbocycles. The summed E-state index contributed by atoms with van der Waals surface area (Å²) < 4.78 is 146. The molecule has 0 bridgehead atoms. The second kappa shape index (κ2) is 14.4. The highest BCUT2D eigenvalue weighted by Crippen LogP contribution is 2.39. The SMILES string of the molecule is CCCCCCC1COC(c2cc(F)c(C(F)(F)Oc3ccc(-c4ccc(-c5cc(F)c(F)c(F)c5)c(F)c4)c(F)c3)c(F)c2)OC1. The maximum atomic E-state index is 15.0. The maximum Gasteiger partial charge on any atom is 0.432 e. The van der Waals surface area contributed by atoms with Gasteiger partial charge in [0.05, 0.1) is 13.2 Å². The van der Waals surface area contributed by atoms with E-state index in [0.29, 0.717) is 30.3 Å². The molecule has 0 aliphatic carbocycles. The summed E-state index contributed by atoms with van der Waals surface area (Å²) in [6, 6.07) is 7.96. The van der Waals surface area contributed by atoms with E-state index in [1.165, 1.54) is 6.07 Å². The van der Waals surface area contributed by atoms with Gasteiger partial charge in [-0.05, 0) is 60.0 Å². The van der Waals surface area contributed by atoms with Crippen LogP contribution in [0.2, 0.25) is 0 Å². The van der Waals surface area contributed by atoms with Crippen LogP contribution in [0.1, 0.15) is 56.4 Å². The van der Waals surface area contributed by atoms with Crippen molar-refractivity contribution in [1.82, 2.24) is 0 Å². The maximum absolute atomic E-state index is 15.0. The number of benzene rings is 4. The van der Waals surface area contributed by atoms with Crippen LogP contribution >= 0.6 is 0 Å². The smallest absolute Gasteiger partial charge is 0.429 e. The second-order valence-corrected chi connectivity index (χ2v) is 11.3. The summed E-state index contributed by atoms with van der Waals surface area (Å²) in [4.78, 5) is 0. The Morgan fingerprint density at radius 2 is 1.23 bits per heavy atom. The minimum Gasteiger partial charge on any atom is -0.429 e. The van der Waals surface area contributed by atoms with E-state index in [0.717, 1.165) is 56.4 Å². The Morgan fingerprint density at radius 3 is 1.83 bits per heavy atom. The van der Waals surface area contributed by atoms with E-state index >= 15 is 13.2 Å². The highest BCUT2D eigenvalue weighted by Gasteiger charge is 2.42. The Kier molecular flexibility index (Phi) is 10.5. The Morgan fingerprint density at radius 1 is 0.660 bits per heavy atom. The van der Waals surface area contributed by atoms with E-state index in [1.54, 1.807) is 0 Å². The monoisotopic (exact) mass is 668 g/mol. The van der Waals surface area contributed by atoms with E-state index in [-0.39, 0.29) is 46.9 Å². The Labute approximate surface area is 264 Å². The molecule has 1 aliphatic heterocycles. The van der Waals surface area contributed by atoms with E-state index in [9.17, 15) is 26.3 Å². The number of unbranched alkanes of at least 4 members (excludes halogenated alkanes) is 3. The van der Waals surface area contributed by atoms with Gasteiger partial charge in [-0.3, -0.25) is 0 Å². The van der Waals surface area contributed by atoms with Crippen molar-refractivity contribution in [3.05, 3.63) is 113 Å². The van der Waals surface area contributed by atoms with Crippen LogP contribution in [0.4, 0.5) is 39.5 Å². The molecule has 0 atom stereocenters. The van der Waals surface area contributed by atoms with Gasteiger partial charge in [0.2, 0.25) is 0 Å². The predicted molar refractivity (Wildman–Crippen MR) is 155 cm³/mol. The lowest BCUT2D eigenvalue weighted by atomic mass is 9.99. The van der Waals surface area contributed by atoms with E-state index in [4.69, 9.17) is 9.47 Å². The summed E-state index contributed by atoms with van der Waals surface area (Å²) in [6.07, 6.45) is -0.584. The van der Waals surface area contributed by atoms with Gasteiger partial charge >= 0.3 is 6.11 Å². The first-order chi connectivity index (χ1) is 22.4. The van der Waals surface area contributed by atoms with Crippen molar-refractivity contribution in [2.75, 3.05) is 13.2 Å².